The van der Waals surface area contributed by atoms with Crippen molar-refractivity contribution in [2.24, 2.45) is 5.92 Å². The fourth-order valence-electron chi connectivity index (χ4n) is 12.9. The van der Waals surface area contributed by atoms with Gasteiger partial charge in [-0.2, -0.15) is 5.48 Å². The fourth-order valence-corrected chi connectivity index (χ4v) is 13.3. The highest BCUT2D eigenvalue weighted by molar-refractivity contribution is 6.32. The monoisotopic (exact) mass is 1060 g/mol. The molecule has 0 spiro atoms. The molecule has 17 nitrogen and oxygen atoms in total. The van der Waals surface area contributed by atoms with Gasteiger partial charge in [0.2, 0.25) is 11.9 Å². The number of aromatic amines is 1. The van der Waals surface area contributed by atoms with Gasteiger partial charge in [-0.15, -0.1) is 10.2 Å². The molecule has 19 heteroatoms. The highest BCUT2D eigenvalue weighted by Crippen LogP contribution is 2.44. The number of phenolic OH excluding ortho intramolecular Hbond substituents is 1. The molecular formula is C58H63ClFN11O6. The fraction of sp³-hybridized carbons (Fsp3) is 0.431. The van der Waals surface area contributed by atoms with Crippen LogP contribution in [0.1, 0.15) is 106 Å². The summed E-state index contributed by atoms with van der Waals surface area (Å²) in [5, 5.41) is 35.9. The summed E-state index contributed by atoms with van der Waals surface area (Å²) >= 11 is 7.12. The Morgan fingerprint density at radius 2 is 1.53 bits per heavy atom. The number of piperidine rings is 1. The second-order valence-electron chi connectivity index (χ2n) is 21.9. The normalized spacial score (nSPS) is 23.5. The van der Waals surface area contributed by atoms with Crippen molar-refractivity contribution in [3.63, 3.8) is 0 Å². The van der Waals surface area contributed by atoms with Crippen molar-refractivity contribution in [3.8, 4) is 33.9 Å². The summed E-state index contributed by atoms with van der Waals surface area (Å²) < 4.78 is 20.3. The number of hydrogen-bond acceptors (Lipinski definition) is 14. The van der Waals surface area contributed by atoms with E-state index >= 15 is 0 Å². The number of H-pyrrole nitrogens is 1. The number of nitrogens with one attached hydrogen (secondary N) is 2. The van der Waals surface area contributed by atoms with Gasteiger partial charge in [0.15, 0.2) is 17.2 Å². The molecule has 0 radical (unpaired) electrons. The lowest BCUT2D eigenvalue weighted by Crippen LogP contribution is -2.54. The molecule has 2 bridgehead atoms. The van der Waals surface area contributed by atoms with Crippen LogP contribution < -0.4 is 20.1 Å². The third-order valence-corrected chi connectivity index (χ3v) is 17.4. The first-order valence-electron chi connectivity index (χ1n) is 27.1. The van der Waals surface area contributed by atoms with Gasteiger partial charge in [-0.25, -0.2) is 14.4 Å². The summed E-state index contributed by atoms with van der Waals surface area (Å²) in [6.45, 7) is 7.49. The van der Waals surface area contributed by atoms with E-state index in [1.165, 1.54) is 16.5 Å². The molecule has 2 unspecified atom stereocenters. The van der Waals surface area contributed by atoms with Crippen LogP contribution in [0.25, 0.3) is 33.4 Å². The lowest BCUT2D eigenvalue weighted by Gasteiger charge is -2.42. The van der Waals surface area contributed by atoms with E-state index in [9.17, 15) is 24.2 Å². The zero-order valence-electron chi connectivity index (χ0n) is 43.1. The van der Waals surface area contributed by atoms with E-state index in [2.05, 4.69) is 52.9 Å². The minimum absolute atomic E-state index is 0.0336. The number of rotatable bonds is 13. The summed E-state index contributed by atoms with van der Waals surface area (Å²) in [5.41, 5.74) is 8.53. The number of amides is 2. The van der Waals surface area contributed by atoms with Gasteiger partial charge in [0, 0.05) is 85.2 Å². The van der Waals surface area contributed by atoms with Gasteiger partial charge in [0.25, 0.3) is 5.91 Å². The minimum atomic E-state index is -0.996. The number of phenols is 1. The number of nitrogens with zero attached hydrogens (tertiary/aromatic N) is 9. The Labute approximate surface area is 450 Å². The summed E-state index contributed by atoms with van der Waals surface area (Å²) in [7, 11) is 0. The van der Waals surface area contributed by atoms with Crippen LogP contribution in [-0.4, -0.2) is 125 Å². The number of fused-ring (bicyclic) bond motifs is 3. The van der Waals surface area contributed by atoms with Crippen molar-refractivity contribution >= 4 is 46.1 Å². The van der Waals surface area contributed by atoms with Crippen molar-refractivity contribution in [2.75, 3.05) is 42.5 Å². The van der Waals surface area contributed by atoms with E-state index in [-0.39, 0.29) is 48.0 Å². The molecule has 1 saturated carbocycles. The molecule has 4 aromatic heterocycles. The van der Waals surface area contributed by atoms with Crippen LogP contribution >= 0.6 is 11.6 Å². The van der Waals surface area contributed by atoms with Crippen LogP contribution in [0.3, 0.4) is 0 Å². The molecule has 2 amide bonds. The number of aliphatic hydroxyl groups is 1. The van der Waals surface area contributed by atoms with Gasteiger partial charge >= 0.3 is 0 Å². The van der Waals surface area contributed by atoms with Crippen molar-refractivity contribution in [1.29, 1.82) is 0 Å². The standard InChI is InChI=1S/C58H63ClFN11O6/c1-33(2)51(57(75)70-32-41(72)25-48(70)56(74)67-76-42-19-13-35(14-20-42)43-7-3-5-9-46(43)60)54-52(59)53(66-77-54)36-11-15-38(16-12-36)68-23-21-34(22-24-68)37-27-62-58(63-28-37)71-39-17-18-40(71)31-69(30-39)49-29-61-55-45(49)26-47(64-65-55)44-8-4-6-10-50(44)73/h3-10,13-14,19-20,26-29,33-34,36,38-41,48,51,72-73H,11-12,15-18,21-25,30-32H2,1-2H3,(H,61,65)(H,67,74)/t36?,38?,39?,40?,41-,48+,51-/m1/s1. The zero-order valence-corrected chi connectivity index (χ0v) is 43.9. The SMILES string of the molecule is CC(C)[C@@H](C(=O)N1C[C@H](O)C[C@H]1C(=O)NOc1ccc(-c2ccccc2F)cc1)c1onc(C2CCC(N3CCC(c4cnc(N5C6CCC5CN(c5c[nH]c7nnc(-c8ccccc8O)cc57)C6)nc4)CC3)CC2)c1Cl. The number of halogens is 2. The zero-order chi connectivity index (χ0) is 52.9. The number of aromatic hydroxyl groups is 1. The number of piperazine rings is 1. The number of aliphatic hydroxyl groups excluding tert-OH is 1. The highest BCUT2D eigenvalue weighted by Gasteiger charge is 2.46. The second kappa shape index (κ2) is 21.3. The number of aromatic nitrogens is 6. The van der Waals surface area contributed by atoms with E-state index in [0.717, 1.165) is 100 Å². The van der Waals surface area contributed by atoms with E-state index in [0.29, 0.717) is 62.9 Å². The summed E-state index contributed by atoms with van der Waals surface area (Å²) in [6.07, 6.45) is 13.3. The Morgan fingerprint density at radius 3 is 2.23 bits per heavy atom. The molecule has 5 fully saturated rings. The first kappa shape index (κ1) is 50.7. The van der Waals surface area contributed by atoms with E-state index in [1.54, 1.807) is 54.6 Å². The molecule has 8 heterocycles. The van der Waals surface area contributed by atoms with Crippen LogP contribution in [-0.2, 0) is 9.59 Å². The average Bonchev–Trinajstić information content (AvgIpc) is 4.25. The van der Waals surface area contributed by atoms with Gasteiger partial charge < -0.3 is 44.2 Å². The predicted molar refractivity (Wildman–Crippen MR) is 289 cm³/mol. The Balaban J connectivity index is 0.624. The molecular weight excluding hydrogens is 1000 g/mol. The number of benzene rings is 3. The molecule has 4 aliphatic heterocycles. The minimum Gasteiger partial charge on any atom is -0.507 e. The lowest BCUT2D eigenvalue weighted by atomic mass is 9.81. The first-order valence-corrected chi connectivity index (χ1v) is 27.5. The third kappa shape index (κ3) is 9.95. The van der Waals surface area contributed by atoms with Crippen LogP contribution in [0.4, 0.5) is 16.0 Å². The Morgan fingerprint density at radius 1 is 0.844 bits per heavy atom. The number of carbonyl (C=O) groups excluding carboxylic acids is 2. The average molecular weight is 1060 g/mol. The lowest BCUT2D eigenvalue weighted by molar-refractivity contribution is -0.143. The number of para-hydroxylation sites is 1. The third-order valence-electron chi connectivity index (χ3n) is 17.0. The molecule has 77 heavy (non-hydrogen) atoms. The summed E-state index contributed by atoms with van der Waals surface area (Å²) in [6, 6.07) is 22.3. The van der Waals surface area contributed by atoms with E-state index in [4.69, 9.17) is 30.9 Å². The van der Waals surface area contributed by atoms with E-state index < -0.39 is 24.0 Å². The topological polar surface area (TPSA) is 202 Å². The predicted octanol–water partition coefficient (Wildman–Crippen LogP) is 9.14. The summed E-state index contributed by atoms with van der Waals surface area (Å²) in [5.74, 6) is -0.319. The van der Waals surface area contributed by atoms with Crippen LogP contribution in [0.15, 0.2) is 102 Å². The van der Waals surface area contributed by atoms with Crippen LogP contribution in [0.5, 0.6) is 11.5 Å². The van der Waals surface area contributed by atoms with Gasteiger partial charge in [-0.1, -0.05) is 73.1 Å². The molecule has 3 aromatic carbocycles. The van der Waals surface area contributed by atoms with Crippen molar-refractivity contribution < 1.29 is 33.6 Å². The van der Waals surface area contributed by atoms with E-state index in [1.807, 2.05) is 38.2 Å². The maximum absolute atomic E-state index is 14.4. The molecule has 4 saturated heterocycles. The van der Waals surface area contributed by atoms with Gasteiger partial charge in [-0.3, -0.25) is 9.59 Å². The number of carbonyl (C=O) groups is 2. The maximum atomic E-state index is 14.4. The molecule has 7 aromatic rings. The number of likely N-dealkylation sites (tertiary alicyclic amines) is 2. The molecule has 12 rings (SSSR count). The van der Waals surface area contributed by atoms with Crippen LogP contribution in [0.2, 0.25) is 5.02 Å². The first-order chi connectivity index (χ1) is 37.4. The number of anilines is 2. The molecule has 4 N–H and O–H groups in total. The molecule has 5 atom stereocenters. The largest absolute Gasteiger partial charge is 0.507 e. The van der Waals surface area contributed by atoms with Crippen molar-refractivity contribution in [3.05, 3.63) is 125 Å². The highest BCUT2D eigenvalue weighted by atomic mass is 35.5. The maximum Gasteiger partial charge on any atom is 0.275 e. The Bertz CT molecular complexity index is 3240. The Kier molecular flexibility index (Phi) is 14.0. The smallest absolute Gasteiger partial charge is 0.275 e. The van der Waals surface area contributed by atoms with Crippen molar-refractivity contribution in [2.45, 2.75) is 120 Å². The second-order valence-corrected chi connectivity index (χ2v) is 22.3. The van der Waals surface area contributed by atoms with Crippen molar-refractivity contribution in [1.82, 2.24) is 45.6 Å². The summed E-state index contributed by atoms with van der Waals surface area (Å²) in [4.78, 5) is 55.8. The molecule has 5 aliphatic rings. The number of β-amino-alcohol motifs (C(OH)–C–C–N with tert-alkyl or cyclic N) is 1. The number of hydroxylamine groups is 1. The van der Waals surface area contributed by atoms with Gasteiger partial charge in [-0.05, 0) is 124 Å². The van der Waals surface area contributed by atoms with Gasteiger partial charge in [0.05, 0.1) is 17.5 Å². The molecule has 1 aliphatic carbocycles. The molecule has 400 valence electrons. The number of hydrogen-bond donors (Lipinski definition) is 4. The van der Waals surface area contributed by atoms with Gasteiger partial charge in [0.1, 0.15) is 34.2 Å². The van der Waals surface area contributed by atoms with Crippen LogP contribution in [0, 0.1) is 11.7 Å². The quantitative estimate of drug-likeness (QED) is 0.0797. The Hall–Kier alpha value is -7.15.